The maximum absolute atomic E-state index is 5.89. The van der Waals surface area contributed by atoms with Crippen LogP contribution in [0.15, 0.2) is 18.2 Å². The van der Waals surface area contributed by atoms with Gasteiger partial charge in [-0.05, 0) is 34.6 Å². The van der Waals surface area contributed by atoms with Crippen LogP contribution in [0.5, 0.6) is 0 Å². The zero-order valence-corrected chi connectivity index (χ0v) is 9.89. The molecule has 1 heteroatoms. The molecule has 0 atom stereocenters. The summed E-state index contributed by atoms with van der Waals surface area (Å²) < 4.78 is 0. The monoisotopic (exact) mass is 191 g/mol. The van der Waals surface area contributed by atoms with Crippen LogP contribution >= 0.6 is 0 Å². The Balaban J connectivity index is 3.21. The lowest BCUT2D eigenvalue weighted by Crippen LogP contribution is -2.12. The molecule has 1 aromatic rings. The standard InChI is InChI=1S/C13H21N/c1-9(2)10-6-11(13(3,4)5)8-12(14)7-10/h6-9H,14H2,1-5H3. The van der Waals surface area contributed by atoms with E-state index in [2.05, 4.69) is 52.8 Å². The molecule has 0 aromatic heterocycles. The lowest BCUT2D eigenvalue weighted by molar-refractivity contribution is 0.589. The van der Waals surface area contributed by atoms with Gasteiger partial charge >= 0.3 is 0 Å². The first-order valence-electron chi connectivity index (χ1n) is 5.21. The van der Waals surface area contributed by atoms with Crippen LogP contribution < -0.4 is 5.73 Å². The Morgan fingerprint density at radius 1 is 1.07 bits per heavy atom. The van der Waals surface area contributed by atoms with Gasteiger partial charge < -0.3 is 5.73 Å². The second-order valence-electron chi connectivity index (χ2n) is 5.29. The molecule has 1 rings (SSSR count). The molecular formula is C13H21N. The van der Waals surface area contributed by atoms with E-state index in [4.69, 9.17) is 5.73 Å². The molecule has 1 nitrogen and oxygen atoms in total. The van der Waals surface area contributed by atoms with Gasteiger partial charge in [-0.15, -0.1) is 0 Å². The molecule has 1 aromatic carbocycles. The molecule has 0 spiro atoms. The van der Waals surface area contributed by atoms with E-state index in [1.807, 2.05) is 0 Å². The van der Waals surface area contributed by atoms with Gasteiger partial charge in [-0.1, -0.05) is 40.7 Å². The molecule has 0 aliphatic rings. The highest BCUT2D eigenvalue weighted by atomic mass is 14.5. The van der Waals surface area contributed by atoms with Gasteiger partial charge in [-0.25, -0.2) is 0 Å². The Labute approximate surface area is 87.3 Å². The van der Waals surface area contributed by atoms with Crippen LogP contribution in [0.25, 0.3) is 0 Å². The lowest BCUT2D eigenvalue weighted by atomic mass is 9.84. The molecule has 2 N–H and O–H groups in total. The zero-order chi connectivity index (χ0) is 10.9. The van der Waals surface area contributed by atoms with Crippen molar-refractivity contribution in [1.82, 2.24) is 0 Å². The predicted molar refractivity (Wildman–Crippen MR) is 63.6 cm³/mol. The van der Waals surface area contributed by atoms with Crippen molar-refractivity contribution < 1.29 is 0 Å². The Kier molecular flexibility index (Phi) is 2.89. The minimum atomic E-state index is 0.180. The SMILES string of the molecule is CC(C)c1cc(N)cc(C(C)(C)C)c1. The number of nitrogen functional groups attached to an aromatic ring is 1. The van der Waals surface area contributed by atoms with Crippen molar-refractivity contribution in [3.63, 3.8) is 0 Å². The third-order valence-electron chi connectivity index (χ3n) is 2.51. The highest BCUT2D eigenvalue weighted by Gasteiger charge is 2.15. The van der Waals surface area contributed by atoms with Crippen LogP contribution in [0.1, 0.15) is 51.7 Å². The van der Waals surface area contributed by atoms with E-state index in [1.54, 1.807) is 0 Å². The highest BCUT2D eigenvalue weighted by Crippen LogP contribution is 2.28. The van der Waals surface area contributed by atoms with Crippen LogP contribution in [0.4, 0.5) is 5.69 Å². The van der Waals surface area contributed by atoms with Crippen molar-refractivity contribution in [2.45, 2.75) is 46.0 Å². The van der Waals surface area contributed by atoms with Crippen molar-refractivity contribution in [2.24, 2.45) is 0 Å². The van der Waals surface area contributed by atoms with Gasteiger partial charge in [0, 0.05) is 5.69 Å². The normalized spacial score (nSPS) is 12.1. The van der Waals surface area contributed by atoms with Crippen LogP contribution in [-0.4, -0.2) is 0 Å². The summed E-state index contributed by atoms with van der Waals surface area (Å²) in [6, 6.07) is 6.41. The smallest absolute Gasteiger partial charge is 0.0319 e. The fourth-order valence-electron chi connectivity index (χ4n) is 1.44. The lowest BCUT2D eigenvalue weighted by Gasteiger charge is -2.21. The molecule has 0 saturated carbocycles. The minimum absolute atomic E-state index is 0.180. The van der Waals surface area contributed by atoms with E-state index < -0.39 is 0 Å². The molecule has 0 bridgehead atoms. The van der Waals surface area contributed by atoms with E-state index in [9.17, 15) is 0 Å². The fraction of sp³-hybridized carbons (Fsp3) is 0.538. The number of hydrogen-bond acceptors (Lipinski definition) is 1. The Morgan fingerprint density at radius 3 is 2.07 bits per heavy atom. The predicted octanol–water partition coefficient (Wildman–Crippen LogP) is 3.69. The van der Waals surface area contributed by atoms with E-state index in [0.717, 1.165) is 5.69 Å². The first-order chi connectivity index (χ1) is 6.30. The average Bonchev–Trinajstić information content (AvgIpc) is 2.01. The highest BCUT2D eigenvalue weighted by molar-refractivity contribution is 5.47. The molecular weight excluding hydrogens is 170 g/mol. The number of anilines is 1. The molecule has 0 radical (unpaired) electrons. The number of hydrogen-bond donors (Lipinski definition) is 1. The molecule has 14 heavy (non-hydrogen) atoms. The van der Waals surface area contributed by atoms with E-state index in [-0.39, 0.29) is 5.41 Å². The van der Waals surface area contributed by atoms with Crippen molar-refractivity contribution >= 4 is 5.69 Å². The van der Waals surface area contributed by atoms with Crippen LogP contribution in [0, 0.1) is 0 Å². The van der Waals surface area contributed by atoms with Crippen LogP contribution in [-0.2, 0) is 5.41 Å². The van der Waals surface area contributed by atoms with Crippen LogP contribution in [0.3, 0.4) is 0 Å². The number of benzene rings is 1. The number of rotatable bonds is 1. The summed E-state index contributed by atoms with van der Waals surface area (Å²) in [5.41, 5.74) is 9.60. The van der Waals surface area contributed by atoms with Gasteiger partial charge in [0.05, 0.1) is 0 Å². The Bertz CT molecular complexity index is 318. The molecule has 78 valence electrons. The molecule has 0 heterocycles. The second-order valence-corrected chi connectivity index (χ2v) is 5.29. The summed E-state index contributed by atoms with van der Waals surface area (Å²) >= 11 is 0. The molecule has 0 fully saturated rings. The van der Waals surface area contributed by atoms with E-state index in [1.165, 1.54) is 11.1 Å². The topological polar surface area (TPSA) is 26.0 Å². The van der Waals surface area contributed by atoms with E-state index in [0.29, 0.717) is 5.92 Å². The quantitative estimate of drug-likeness (QED) is 0.673. The third-order valence-corrected chi connectivity index (χ3v) is 2.51. The van der Waals surface area contributed by atoms with Gasteiger partial charge in [0.15, 0.2) is 0 Å². The van der Waals surface area contributed by atoms with Gasteiger partial charge in [-0.3, -0.25) is 0 Å². The summed E-state index contributed by atoms with van der Waals surface area (Å²) in [5.74, 6) is 0.541. The van der Waals surface area contributed by atoms with Gasteiger partial charge in [0.25, 0.3) is 0 Å². The molecule has 0 aliphatic heterocycles. The summed E-state index contributed by atoms with van der Waals surface area (Å²) in [4.78, 5) is 0. The minimum Gasteiger partial charge on any atom is -0.399 e. The summed E-state index contributed by atoms with van der Waals surface area (Å²) in [6.45, 7) is 11.0. The first-order valence-corrected chi connectivity index (χ1v) is 5.21. The van der Waals surface area contributed by atoms with Gasteiger partial charge in [0.2, 0.25) is 0 Å². The third kappa shape index (κ3) is 2.50. The Hall–Kier alpha value is -0.980. The molecule has 0 aliphatic carbocycles. The maximum atomic E-state index is 5.89. The summed E-state index contributed by atoms with van der Waals surface area (Å²) in [6.07, 6.45) is 0. The maximum Gasteiger partial charge on any atom is 0.0319 e. The van der Waals surface area contributed by atoms with Crippen molar-refractivity contribution in [1.29, 1.82) is 0 Å². The second kappa shape index (κ2) is 3.64. The summed E-state index contributed by atoms with van der Waals surface area (Å²) in [7, 11) is 0. The van der Waals surface area contributed by atoms with Crippen molar-refractivity contribution in [2.75, 3.05) is 5.73 Å². The average molecular weight is 191 g/mol. The fourth-order valence-corrected chi connectivity index (χ4v) is 1.44. The molecule has 0 amide bonds. The van der Waals surface area contributed by atoms with Crippen LogP contribution in [0.2, 0.25) is 0 Å². The van der Waals surface area contributed by atoms with E-state index >= 15 is 0 Å². The van der Waals surface area contributed by atoms with Gasteiger partial charge in [-0.2, -0.15) is 0 Å². The summed E-state index contributed by atoms with van der Waals surface area (Å²) in [5, 5.41) is 0. The van der Waals surface area contributed by atoms with Crippen molar-refractivity contribution in [3.8, 4) is 0 Å². The molecule has 0 unspecified atom stereocenters. The van der Waals surface area contributed by atoms with Gasteiger partial charge in [0.1, 0.15) is 0 Å². The van der Waals surface area contributed by atoms with Crippen molar-refractivity contribution in [3.05, 3.63) is 29.3 Å². The first kappa shape index (κ1) is 11.1. The largest absolute Gasteiger partial charge is 0.399 e. The zero-order valence-electron chi connectivity index (χ0n) is 9.89. The molecule has 0 saturated heterocycles. The Morgan fingerprint density at radius 2 is 1.64 bits per heavy atom. The number of nitrogens with two attached hydrogens (primary N) is 1.